The van der Waals surface area contributed by atoms with E-state index in [4.69, 9.17) is 11.6 Å². The van der Waals surface area contributed by atoms with Gasteiger partial charge in [0.1, 0.15) is 11.7 Å². The lowest BCUT2D eigenvalue weighted by Gasteiger charge is -2.15. The summed E-state index contributed by atoms with van der Waals surface area (Å²) in [5, 5.41) is 3.44. The number of benzene rings is 1. The minimum absolute atomic E-state index is 0.328. The van der Waals surface area contributed by atoms with E-state index in [-0.39, 0.29) is 5.82 Å². The van der Waals surface area contributed by atoms with Gasteiger partial charge in [-0.3, -0.25) is 4.99 Å². The summed E-state index contributed by atoms with van der Waals surface area (Å²) in [4.78, 5) is 4.20. The number of rotatable bonds is 1. The second-order valence-electron chi connectivity index (χ2n) is 3.11. The van der Waals surface area contributed by atoms with Crippen molar-refractivity contribution in [2.24, 2.45) is 4.99 Å². The zero-order valence-electron chi connectivity index (χ0n) is 7.56. The predicted molar refractivity (Wildman–Crippen MR) is 55.4 cm³/mol. The second-order valence-corrected chi connectivity index (χ2v) is 3.51. The summed E-state index contributed by atoms with van der Waals surface area (Å²) in [7, 11) is 0. The van der Waals surface area contributed by atoms with Gasteiger partial charge in [-0.2, -0.15) is 0 Å². The quantitative estimate of drug-likeness (QED) is 0.759. The molecule has 1 aromatic rings. The molecule has 0 bridgehead atoms. The highest BCUT2D eigenvalue weighted by atomic mass is 35.5. The molecule has 0 unspecified atom stereocenters. The summed E-state index contributed by atoms with van der Waals surface area (Å²) in [6.45, 7) is 1.55. The van der Waals surface area contributed by atoms with E-state index in [1.165, 1.54) is 6.07 Å². The Kier molecular flexibility index (Phi) is 2.68. The molecule has 74 valence electrons. The first-order valence-electron chi connectivity index (χ1n) is 4.52. The van der Waals surface area contributed by atoms with Crippen LogP contribution in [0.25, 0.3) is 0 Å². The van der Waals surface area contributed by atoms with Crippen molar-refractivity contribution in [3.8, 4) is 0 Å². The van der Waals surface area contributed by atoms with Crippen molar-refractivity contribution in [3.63, 3.8) is 0 Å². The standard InChI is InChI=1S/C10H10ClFN2/c11-7-3-1-4-8(12)9(7)10-13-5-2-6-14-10/h1,3-4H,2,5-6H2,(H,13,14). The van der Waals surface area contributed by atoms with E-state index in [2.05, 4.69) is 10.3 Å². The van der Waals surface area contributed by atoms with E-state index in [1.807, 2.05) is 0 Å². The summed E-state index contributed by atoms with van der Waals surface area (Å²) >= 11 is 5.90. The van der Waals surface area contributed by atoms with Crippen molar-refractivity contribution in [1.29, 1.82) is 0 Å². The molecule has 1 aromatic carbocycles. The van der Waals surface area contributed by atoms with Crippen molar-refractivity contribution in [3.05, 3.63) is 34.6 Å². The maximum Gasteiger partial charge on any atom is 0.135 e. The number of nitrogens with one attached hydrogen (secondary N) is 1. The Labute approximate surface area is 86.8 Å². The van der Waals surface area contributed by atoms with Crippen molar-refractivity contribution >= 4 is 17.4 Å². The predicted octanol–water partition coefficient (Wildman–Crippen LogP) is 2.22. The fourth-order valence-electron chi connectivity index (χ4n) is 1.42. The monoisotopic (exact) mass is 212 g/mol. The van der Waals surface area contributed by atoms with Crippen LogP contribution in [0, 0.1) is 5.82 Å². The van der Waals surface area contributed by atoms with Crippen LogP contribution in [0.15, 0.2) is 23.2 Å². The fraction of sp³-hybridized carbons (Fsp3) is 0.300. The summed E-state index contributed by atoms with van der Waals surface area (Å²) < 4.78 is 13.4. The maximum atomic E-state index is 13.4. The third-order valence-corrected chi connectivity index (χ3v) is 2.41. The van der Waals surface area contributed by atoms with Crippen LogP contribution < -0.4 is 5.32 Å². The molecule has 2 rings (SSSR count). The molecule has 14 heavy (non-hydrogen) atoms. The number of hydrogen-bond donors (Lipinski definition) is 1. The largest absolute Gasteiger partial charge is 0.370 e. The molecule has 2 nitrogen and oxygen atoms in total. The Bertz CT molecular complexity index is 356. The molecular weight excluding hydrogens is 203 g/mol. The number of hydrogen-bond acceptors (Lipinski definition) is 2. The van der Waals surface area contributed by atoms with Crippen LogP contribution in [-0.4, -0.2) is 18.9 Å². The zero-order valence-corrected chi connectivity index (χ0v) is 8.31. The smallest absolute Gasteiger partial charge is 0.135 e. The zero-order chi connectivity index (χ0) is 9.97. The molecule has 0 spiro atoms. The Balaban J connectivity index is 2.44. The van der Waals surface area contributed by atoms with Gasteiger partial charge in [-0.15, -0.1) is 0 Å². The number of halogens is 2. The van der Waals surface area contributed by atoms with E-state index < -0.39 is 0 Å². The molecule has 4 heteroatoms. The van der Waals surface area contributed by atoms with Crippen LogP contribution in [0.5, 0.6) is 0 Å². The molecule has 0 saturated carbocycles. The maximum absolute atomic E-state index is 13.4. The molecule has 1 aliphatic rings. The van der Waals surface area contributed by atoms with Crippen LogP contribution in [0.3, 0.4) is 0 Å². The highest BCUT2D eigenvalue weighted by Gasteiger charge is 2.14. The molecule has 0 aliphatic carbocycles. The minimum Gasteiger partial charge on any atom is -0.370 e. The van der Waals surface area contributed by atoms with Crippen molar-refractivity contribution in [1.82, 2.24) is 5.32 Å². The first kappa shape index (κ1) is 9.46. The normalized spacial score (nSPS) is 16.0. The van der Waals surface area contributed by atoms with E-state index in [0.29, 0.717) is 16.4 Å². The summed E-state index contributed by atoms with van der Waals surface area (Å²) in [5.74, 6) is 0.241. The third-order valence-electron chi connectivity index (χ3n) is 2.10. The Morgan fingerprint density at radius 3 is 2.93 bits per heavy atom. The van der Waals surface area contributed by atoms with Gasteiger partial charge in [-0.1, -0.05) is 17.7 Å². The van der Waals surface area contributed by atoms with Gasteiger partial charge < -0.3 is 5.32 Å². The van der Waals surface area contributed by atoms with E-state index in [1.54, 1.807) is 12.1 Å². The van der Waals surface area contributed by atoms with Crippen LogP contribution in [0.1, 0.15) is 12.0 Å². The van der Waals surface area contributed by atoms with Crippen molar-refractivity contribution in [2.75, 3.05) is 13.1 Å². The summed E-state index contributed by atoms with van der Waals surface area (Å²) in [6.07, 6.45) is 0.982. The molecule has 1 aliphatic heterocycles. The number of amidine groups is 1. The fourth-order valence-corrected chi connectivity index (χ4v) is 1.68. The Morgan fingerprint density at radius 2 is 2.29 bits per heavy atom. The van der Waals surface area contributed by atoms with Crippen molar-refractivity contribution < 1.29 is 4.39 Å². The van der Waals surface area contributed by atoms with Crippen LogP contribution in [0.2, 0.25) is 5.02 Å². The third kappa shape index (κ3) is 1.73. The first-order valence-corrected chi connectivity index (χ1v) is 4.89. The van der Waals surface area contributed by atoms with Crippen molar-refractivity contribution in [2.45, 2.75) is 6.42 Å². The van der Waals surface area contributed by atoms with Crippen LogP contribution >= 0.6 is 11.6 Å². The molecule has 0 radical (unpaired) electrons. The average molecular weight is 213 g/mol. The lowest BCUT2D eigenvalue weighted by Crippen LogP contribution is -2.31. The lowest BCUT2D eigenvalue weighted by atomic mass is 10.1. The number of aliphatic imine (C=N–C) groups is 1. The minimum atomic E-state index is -0.328. The molecule has 0 amide bonds. The van der Waals surface area contributed by atoms with E-state index >= 15 is 0 Å². The van der Waals surface area contributed by atoms with Gasteiger partial charge in [0, 0.05) is 13.1 Å². The Hall–Kier alpha value is -1.09. The van der Waals surface area contributed by atoms with Gasteiger partial charge in [-0.05, 0) is 18.6 Å². The topological polar surface area (TPSA) is 24.4 Å². The molecular formula is C10H10ClFN2. The van der Waals surface area contributed by atoms with Gasteiger partial charge in [0.25, 0.3) is 0 Å². The van der Waals surface area contributed by atoms with Crippen LogP contribution in [0.4, 0.5) is 4.39 Å². The average Bonchev–Trinajstić information content (AvgIpc) is 2.19. The highest BCUT2D eigenvalue weighted by molar-refractivity contribution is 6.34. The second kappa shape index (κ2) is 3.96. The molecule has 1 heterocycles. The Morgan fingerprint density at radius 1 is 1.43 bits per heavy atom. The van der Waals surface area contributed by atoms with E-state index in [0.717, 1.165) is 19.5 Å². The van der Waals surface area contributed by atoms with Gasteiger partial charge in [0.2, 0.25) is 0 Å². The number of nitrogens with zero attached hydrogens (tertiary/aromatic N) is 1. The molecule has 0 atom stereocenters. The van der Waals surface area contributed by atoms with Gasteiger partial charge in [0.15, 0.2) is 0 Å². The van der Waals surface area contributed by atoms with Gasteiger partial charge >= 0.3 is 0 Å². The van der Waals surface area contributed by atoms with Gasteiger partial charge in [0.05, 0.1) is 10.6 Å². The summed E-state index contributed by atoms with van der Waals surface area (Å²) in [5.41, 5.74) is 0.383. The molecule has 0 aromatic heterocycles. The van der Waals surface area contributed by atoms with E-state index in [9.17, 15) is 4.39 Å². The highest BCUT2D eigenvalue weighted by Crippen LogP contribution is 2.19. The van der Waals surface area contributed by atoms with Crippen LogP contribution in [-0.2, 0) is 0 Å². The first-order chi connectivity index (χ1) is 6.79. The van der Waals surface area contributed by atoms with Gasteiger partial charge in [-0.25, -0.2) is 4.39 Å². The molecule has 0 saturated heterocycles. The summed E-state index contributed by atoms with van der Waals surface area (Å²) in [6, 6.07) is 4.64. The SMILES string of the molecule is Fc1cccc(Cl)c1C1=NCCCN1. The molecule has 0 fully saturated rings. The molecule has 1 N–H and O–H groups in total. The lowest BCUT2D eigenvalue weighted by molar-refractivity contribution is 0.621.